The Kier molecular flexibility index (Phi) is 6.22. The molecule has 34 heavy (non-hydrogen) atoms. The van der Waals surface area contributed by atoms with Crippen LogP contribution in [0.25, 0.3) is 0 Å². The smallest absolute Gasteiger partial charge is 0.261 e. The molecule has 0 bridgehead atoms. The molecule has 172 valence electrons. The lowest BCUT2D eigenvalue weighted by molar-refractivity contribution is 0.0938. The molecule has 0 saturated heterocycles. The van der Waals surface area contributed by atoms with Crippen LogP contribution in [0.4, 0.5) is 11.4 Å². The van der Waals surface area contributed by atoms with Crippen molar-refractivity contribution >= 4 is 33.0 Å². The molecule has 1 unspecified atom stereocenters. The Morgan fingerprint density at radius 1 is 1.09 bits per heavy atom. The second-order valence-corrected chi connectivity index (χ2v) is 10.2. The van der Waals surface area contributed by atoms with Gasteiger partial charge in [-0.25, -0.2) is 8.42 Å². The Morgan fingerprint density at radius 2 is 1.85 bits per heavy atom. The Hall–Kier alpha value is -3.96. The average molecular weight is 474 g/mol. The summed E-state index contributed by atoms with van der Waals surface area (Å²) >= 11 is 0. The van der Waals surface area contributed by atoms with Gasteiger partial charge in [-0.3, -0.25) is 14.3 Å². The highest BCUT2D eigenvalue weighted by atomic mass is 32.2. The van der Waals surface area contributed by atoms with E-state index in [4.69, 9.17) is 5.26 Å². The minimum Gasteiger partial charge on any atom is -0.377 e. The Morgan fingerprint density at radius 3 is 2.59 bits per heavy atom. The lowest BCUT2D eigenvalue weighted by atomic mass is 9.90. The van der Waals surface area contributed by atoms with Gasteiger partial charge in [0.2, 0.25) is 0 Å². The first-order valence-electron chi connectivity index (χ1n) is 10.8. The summed E-state index contributed by atoms with van der Waals surface area (Å²) in [6.45, 7) is 3.68. The molecule has 0 amide bonds. The first-order chi connectivity index (χ1) is 16.2. The van der Waals surface area contributed by atoms with E-state index in [0.29, 0.717) is 22.4 Å². The quantitative estimate of drug-likeness (QED) is 0.490. The predicted molar refractivity (Wildman–Crippen MR) is 129 cm³/mol. The van der Waals surface area contributed by atoms with Crippen LogP contribution in [0, 0.1) is 17.2 Å². The monoisotopic (exact) mass is 473 g/mol. The third-order valence-corrected chi connectivity index (χ3v) is 7.04. The third kappa shape index (κ3) is 4.70. The zero-order valence-corrected chi connectivity index (χ0v) is 19.5. The van der Waals surface area contributed by atoms with E-state index in [9.17, 15) is 18.0 Å². The molecule has 1 heterocycles. The van der Waals surface area contributed by atoms with Crippen LogP contribution in [0.1, 0.15) is 58.2 Å². The fourth-order valence-corrected chi connectivity index (χ4v) is 4.97. The molecule has 0 saturated carbocycles. The van der Waals surface area contributed by atoms with Gasteiger partial charge in [-0.2, -0.15) is 5.26 Å². The molecule has 7 nitrogen and oxygen atoms in total. The van der Waals surface area contributed by atoms with E-state index in [-0.39, 0.29) is 40.5 Å². The van der Waals surface area contributed by atoms with E-state index in [1.54, 1.807) is 42.5 Å². The number of sulfonamides is 1. The van der Waals surface area contributed by atoms with E-state index >= 15 is 0 Å². The highest BCUT2D eigenvalue weighted by Crippen LogP contribution is 2.34. The lowest BCUT2D eigenvalue weighted by Gasteiger charge is -2.27. The van der Waals surface area contributed by atoms with E-state index in [0.717, 1.165) is 5.56 Å². The number of anilines is 2. The molecule has 3 aromatic carbocycles. The van der Waals surface area contributed by atoms with Crippen molar-refractivity contribution in [2.75, 3.05) is 10.0 Å². The first-order valence-corrected chi connectivity index (χ1v) is 12.3. The standard InChI is InChI=1S/C26H23N3O4S/c1-16(2)26(31)19-7-4-6-18(12-19)24-14-25(30)22-13-21(9-10-23(22)28-24)34(32,33)29-20-8-3-5-17(11-20)15-27/h3-13,16,24,28-29H,14H2,1-2H3. The van der Waals surface area contributed by atoms with Crippen LogP contribution in [-0.4, -0.2) is 20.0 Å². The molecule has 8 heteroatoms. The van der Waals surface area contributed by atoms with Gasteiger partial charge in [0.05, 0.1) is 28.3 Å². The molecule has 0 radical (unpaired) electrons. The minimum absolute atomic E-state index is 0.0343. The van der Waals surface area contributed by atoms with Crippen molar-refractivity contribution in [1.82, 2.24) is 0 Å². The van der Waals surface area contributed by atoms with Crippen molar-refractivity contribution in [1.29, 1.82) is 5.26 Å². The second kappa shape index (κ2) is 9.12. The molecule has 1 aliphatic rings. The number of nitrogens with one attached hydrogen (secondary N) is 2. The summed E-state index contributed by atoms with van der Waals surface area (Å²) in [6, 6.07) is 19.4. The van der Waals surface area contributed by atoms with Gasteiger partial charge < -0.3 is 5.32 Å². The Bertz CT molecular complexity index is 1440. The van der Waals surface area contributed by atoms with Crippen LogP contribution in [0.2, 0.25) is 0 Å². The number of carbonyl (C=O) groups excluding carboxylic acids is 2. The number of nitrogens with zero attached hydrogens (tertiary/aromatic N) is 1. The van der Waals surface area contributed by atoms with Gasteiger partial charge in [0.15, 0.2) is 11.6 Å². The molecule has 0 aromatic heterocycles. The van der Waals surface area contributed by atoms with Gasteiger partial charge in [-0.05, 0) is 48.0 Å². The number of carbonyl (C=O) groups is 2. The minimum atomic E-state index is -3.96. The number of fused-ring (bicyclic) bond motifs is 1. The van der Waals surface area contributed by atoms with Gasteiger partial charge >= 0.3 is 0 Å². The summed E-state index contributed by atoms with van der Waals surface area (Å²) in [5.41, 5.74) is 2.83. The number of benzene rings is 3. The van der Waals surface area contributed by atoms with Crippen LogP contribution < -0.4 is 10.0 Å². The van der Waals surface area contributed by atoms with Crippen molar-refractivity contribution < 1.29 is 18.0 Å². The topological polar surface area (TPSA) is 116 Å². The van der Waals surface area contributed by atoms with Gasteiger partial charge in [-0.1, -0.05) is 38.1 Å². The number of nitriles is 1. The summed E-state index contributed by atoms with van der Waals surface area (Å²) < 4.78 is 28.2. The third-order valence-electron chi connectivity index (χ3n) is 5.66. The fourth-order valence-electron chi connectivity index (χ4n) is 3.89. The zero-order chi connectivity index (χ0) is 24.5. The summed E-state index contributed by atoms with van der Waals surface area (Å²) in [7, 11) is -3.96. The molecule has 2 N–H and O–H groups in total. The maximum atomic E-state index is 13.0. The molecular weight excluding hydrogens is 450 g/mol. The van der Waals surface area contributed by atoms with Gasteiger partial charge in [0.1, 0.15) is 0 Å². The summed E-state index contributed by atoms with van der Waals surface area (Å²) in [4.78, 5) is 25.3. The SMILES string of the molecule is CC(C)C(=O)c1cccc(C2CC(=O)c3cc(S(=O)(=O)Nc4cccc(C#N)c4)ccc3N2)c1. The maximum absolute atomic E-state index is 13.0. The number of rotatable bonds is 6. The Labute approximate surface area is 198 Å². The lowest BCUT2D eigenvalue weighted by Crippen LogP contribution is -2.24. The highest BCUT2D eigenvalue weighted by Gasteiger charge is 2.28. The molecule has 0 spiro atoms. The second-order valence-electron chi connectivity index (χ2n) is 8.47. The fraction of sp³-hybridized carbons (Fsp3) is 0.192. The van der Waals surface area contributed by atoms with Crippen molar-refractivity contribution in [3.63, 3.8) is 0 Å². The van der Waals surface area contributed by atoms with Crippen molar-refractivity contribution in [2.45, 2.75) is 31.2 Å². The van der Waals surface area contributed by atoms with Gasteiger partial charge in [0.25, 0.3) is 10.0 Å². The number of Topliss-reactive ketones (excluding diaryl/α,β-unsaturated/α-hetero) is 2. The summed E-state index contributed by atoms with van der Waals surface area (Å²) in [5, 5.41) is 12.3. The van der Waals surface area contributed by atoms with Crippen LogP contribution in [0.15, 0.2) is 71.6 Å². The molecule has 1 atom stereocenters. The normalized spacial score (nSPS) is 15.2. The molecule has 0 aliphatic carbocycles. The van der Waals surface area contributed by atoms with Gasteiger partial charge in [-0.15, -0.1) is 0 Å². The van der Waals surface area contributed by atoms with Crippen LogP contribution in [0.5, 0.6) is 0 Å². The van der Waals surface area contributed by atoms with E-state index in [1.807, 2.05) is 26.0 Å². The molecule has 4 rings (SSSR count). The van der Waals surface area contributed by atoms with E-state index < -0.39 is 10.0 Å². The van der Waals surface area contributed by atoms with Crippen molar-refractivity contribution in [3.8, 4) is 6.07 Å². The number of ketones is 2. The van der Waals surface area contributed by atoms with Gasteiger partial charge in [0, 0.05) is 29.2 Å². The van der Waals surface area contributed by atoms with Crippen LogP contribution in [0.3, 0.4) is 0 Å². The zero-order valence-electron chi connectivity index (χ0n) is 18.7. The molecule has 3 aromatic rings. The molecule has 0 fully saturated rings. The van der Waals surface area contributed by atoms with Crippen LogP contribution in [-0.2, 0) is 10.0 Å². The Balaban J connectivity index is 1.59. The number of hydrogen-bond acceptors (Lipinski definition) is 6. The number of hydrogen-bond donors (Lipinski definition) is 2. The van der Waals surface area contributed by atoms with E-state index in [1.165, 1.54) is 18.2 Å². The summed E-state index contributed by atoms with van der Waals surface area (Å²) in [6.07, 6.45) is 0.132. The largest absolute Gasteiger partial charge is 0.377 e. The van der Waals surface area contributed by atoms with Crippen LogP contribution >= 0.6 is 0 Å². The molecule has 1 aliphatic heterocycles. The van der Waals surface area contributed by atoms with Crippen molar-refractivity contribution in [2.24, 2.45) is 5.92 Å². The highest BCUT2D eigenvalue weighted by molar-refractivity contribution is 7.92. The van der Waals surface area contributed by atoms with E-state index in [2.05, 4.69) is 10.0 Å². The first kappa shape index (κ1) is 23.2. The van der Waals surface area contributed by atoms with Crippen molar-refractivity contribution in [3.05, 3.63) is 89.0 Å². The predicted octanol–water partition coefficient (Wildman–Crippen LogP) is 4.94. The molecular formula is C26H23N3O4S. The summed E-state index contributed by atoms with van der Waals surface area (Å²) in [5.74, 6) is -0.289. The average Bonchev–Trinajstić information content (AvgIpc) is 2.83. The maximum Gasteiger partial charge on any atom is 0.261 e.